The zero-order chi connectivity index (χ0) is 14.7. The summed E-state index contributed by atoms with van der Waals surface area (Å²) in [5.41, 5.74) is 5.89. The van der Waals surface area contributed by atoms with Crippen molar-refractivity contribution in [1.29, 1.82) is 0 Å². The summed E-state index contributed by atoms with van der Waals surface area (Å²) in [5, 5.41) is 5.65. The number of anilines is 2. The van der Waals surface area contributed by atoms with Gasteiger partial charge in [-0.3, -0.25) is 4.79 Å². The van der Waals surface area contributed by atoms with Crippen LogP contribution in [0.25, 0.3) is 0 Å². The summed E-state index contributed by atoms with van der Waals surface area (Å²) in [5.74, 6) is -1.19. The molecule has 2 rings (SSSR count). The minimum atomic E-state index is -0.623. The third kappa shape index (κ3) is 2.98. The Bertz CT molecular complexity index is 538. The molecule has 4 N–H and O–H groups in total. The fourth-order valence-corrected chi connectivity index (χ4v) is 2.06. The fraction of sp³-hybridized carbons (Fsp3) is 0.385. The number of methoxy groups -OCH3 is 1. The molecule has 1 amide bonds. The standard InChI is InChI=1S/C13H16FN3O3/c1-20-13(19)8-4-11(9(14)5-10(8)15)17-7-2-3-12(18)16-6-7/h4-5,7,17H,2-3,6,15H2,1H3,(H,16,18). The molecule has 0 saturated carbocycles. The van der Waals surface area contributed by atoms with Crippen molar-refractivity contribution >= 4 is 23.3 Å². The predicted octanol–water partition coefficient (Wildman–Crippen LogP) is 0.885. The molecule has 108 valence electrons. The lowest BCUT2D eigenvalue weighted by molar-refractivity contribution is -0.122. The molecule has 7 heteroatoms. The van der Waals surface area contributed by atoms with Gasteiger partial charge in [-0.2, -0.15) is 0 Å². The van der Waals surface area contributed by atoms with E-state index in [4.69, 9.17) is 5.73 Å². The van der Waals surface area contributed by atoms with Gasteiger partial charge in [-0.05, 0) is 18.6 Å². The van der Waals surface area contributed by atoms with Crippen molar-refractivity contribution in [2.45, 2.75) is 18.9 Å². The van der Waals surface area contributed by atoms with Crippen molar-refractivity contribution in [1.82, 2.24) is 5.32 Å². The number of hydrogen-bond donors (Lipinski definition) is 3. The topological polar surface area (TPSA) is 93.4 Å². The highest BCUT2D eigenvalue weighted by Crippen LogP contribution is 2.24. The van der Waals surface area contributed by atoms with E-state index in [2.05, 4.69) is 15.4 Å². The predicted molar refractivity (Wildman–Crippen MR) is 71.8 cm³/mol. The smallest absolute Gasteiger partial charge is 0.340 e. The molecule has 6 nitrogen and oxygen atoms in total. The van der Waals surface area contributed by atoms with E-state index in [9.17, 15) is 14.0 Å². The van der Waals surface area contributed by atoms with Crippen molar-refractivity contribution in [2.24, 2.45) is 0 Å². The van der Waals surface area contributed by atoms with E-state index in [1.54, 1.807) is 0 Å². The van der Waals surface area contributed by atoms with Crippen LogP contribution in [0.3, 0.4) is 0 Å². The molecule has 0 aliphatic carbocycles. The number of carbonyl (C=O) groups is 2. The second-order valence-corrected chi connectivity index (χ2v) is 4.59. The Morgan fingerprint density at radius 2 is 2.30 bits per heavy atom. The minimum absolute atomic E-state index is 0.0175. The van der Waals surface area contributed by atoms with Gasteiger partial charge in [0.25, 0.3) is 0 Å². The third-order valence-corrected chi connectivity index (χ3v) is 3.17. The van der Waals surface area contributed by atoms with Crippen LogP contribution in [0, 0.1) is 5.82 Å². The number of nitrogens with two attached hydrogens (primary N) is 1. The molecule has 1 aliphatic heterocycles. The van der Waals surface area contributed by atoms with Crippen LogP contribution in [-0.4, -0.2) is 31.6 Å². The number of halogens is 1. The van der Waals surface area contributed by atoms with Crippen LogP contribution < -0.4 is 16.4 Å². The molecule has 1 saturated heterocycles. The van der Waals surface area contributed by atoms with Crippen molar-refractivity contribution in [3.8, 4) is 0 Å². The number of benzene rings is 1. The average molecular weight is 281 g/mol. The molecular formula is C13H16FN3O3. The van der Waals surface area contributed by atoms with Gasteiger partial charge in [-0.1, -0.05) is 0 Å². The van der Waals surface area contributed by atoms with Gasteiger partial charge in [0, 0.05) is 24.7 Å². The highest BCUT2D eigenvalue weighted by atomic mass is 19.1. The maximum atomic E-state index is 13.8. The zero-order valence-electron chi connectivity index (χ0n) is 11.0. The summed E-state index contributed by atoms with van der Waals surface area (Å²) in [4.78, 5) is 22.6. The second kappa shape index (κ2) is 5.77. The summed E-state index contributed by atoms with van der Waals surface area (Å²) in [7, 11) is 1.23. The molecule has 0 spiro atoms. The molecule has 0 aromatic heterocycles. The number of nitrogens with one attached hydrogen (secondary N) is 2. The van der Waals surface area contributed by atoms with Gasteiger partial charge in [-0.15, -0.1) is 0 Å². The van der Waals surface area contributed by atoms with Crippen molar-refractivity contribution < 1.29 is 18.7 Å². The van der Waals surface area contributed by atoms with E-state index in [0.29, 0.717) is 19.4 Å². The van der Waals surface area contributed by atoms with E-state index in [-0.39, 0.29) is 28.9 Å². The number of nitrogen functional groups attached to an aromatic ring is 1. The lowest BCUT2D eigenvalue weighted by Crippen LogP contribution is -2.42. The van der Waals surface area contributed by atoms with E-state index < -0.39 is 11.8 Å². The first kappa shape index (κ1) is 14.1. The van der Waals surface area contributed by atoms with Gasteiger partial charge in [0.1, 0.15) is 5.82 Å². The molecule has 1 atom stereocenters. The Balaban J connectivity index is 2.18. The Kier molecular flexibility index (Phi) is 4.07. The largest absolute Gasteiger partial charge is 0.465 e. The highest BCUT2D eigenvalue weighted by Gasteiger charge is 2.20. The minimum Gasteiger partial charge on any atom is -0.465 e. The maximum absolute atomic E-state index is 13.8. The summed E-state index contributed by atoms with van der Waals surface area (Å²) >= 11 is 0. The van der Waals surface area contributed by atoms with Gasteiger partial charge < -0.3 is 21.1 Å². The zero-order valence-corrected chi connectivity index (χ0v) is 11.0. The van der Waals surface area contributed by atoms with Gasteiger partial charge in [-0.25, -0.2) is 9.18 Å². The number of amides is 1. The number of rotatable bonds is 3. The molecule has 1 fully saturated rings. The van der Waals surface area contributed by atoms with E-state index >= 15 is 0 Å². The lowest BCUT2D eigenvalue weighted by atomic mass is 10.1. The second-order valence-electron chi connectivity index (χ2n) is 4.59. The molecule has 1 aromatic carbocycles. The van der Waals surface area contributed by atoms with Crippen LogP contribution in [0.1, 0.15) is 23.2 Å². The van der Waals surface area contributed by atoms with Crippen molar-refractivity contribution in [2.75, 3.05) is 24.7 Å². The van der Waals surface area contributed by atoms with Crippen molar-refractivity contribution in [3.63, 3.8) is 0 Å². The molecule has 1 unspecified atom stereocenters. The highest BCUT2D eigenvalue weighted by molar-refractivity contribution is 5.96. The first-order valence-electron chi connectivity index (χ1n) is 6.22. The Labute approximate surface area is 115 Å². The molecule has 1 heterocycles. The van der Waals surface area contributed by atoms with Gasteiger partial charge in [0.05, 0.1) is 18.4 Å². The van der Waals surface area contributed by atoms with Crippen molar-refractivity contribution in [3.05, 3.63) is 23.5 Å². The fourth-order valence-electron chi connectivity index (χ4n) is 2.06. The average Bonchev–Trinajstić information content (AvgIpc) is 2.43. The first-order valence-corrected chi connectivity index (χ1v) is 6.22. The Morgan fingerprint density at radius 3 is 2.90 bits per heavy atom. The lowest BCUT2D eigenvalue weighted by Gasteiger charge is -2.25. The quantitative estimate of drug-likeness (QED) is 0.565. The summed E-state index contributed by atoms with van der Waals surface area (Å²) in [6.07, 6.45) is 0.987. The number of carbonyl (C=O) groups excluding carboxylic acids is 2. The summed E-state index contributed by atoms with van der Waals surface area (Å²) in [6, 6.07) is 2.32. The van der Waals surface area contributed by atoms with E-state index in [1.807, 2.05) is 0 Å². The maximum Gasteiger partial charge on any atom is 0.340 e. The molecular weight excluding hydrogens is 265 g/mol. The van der Waals surface area contributed by atoms with Gasteiger partial charge in [0.2, 0.25) is 5.91 Å². The van der Waals surface area contributed by atoms with Gasteiger partial charge >= 0.3 is 5.97 Å². The molecule has 20 heavy (non-hydrogen) atoms. The SMILES string of the molecule is COC(=O)c1cc(NC2CCC(=O)NC2)c(F)cc1N. The number of piperidine rings is 1. The van der Waals surface area contributed by atoms with Crippen LogP contribution >= 0.6 is 0 Å². The number of esters is 1. The van der Waals surface area contributed by atoms with E-state index in [1.165, 1.54) is 13.2 Å². The van der Waals surface area contributed by atoms with Crippen LogP contribution in [0.2, 0.25) is 0 Å². The molecule has 1 aliphatic rings. The number of hydrogen-bond acceptors (Lipinski definition) is 5. The van der Waals surface area contributed by atoms with Crippen LogP contribution in [0.4, 0.5) is 15.8 Å². The van der Waals surface area contributed by atoms with Crippen LogP contribution in [0.5, 0.6) is 0 Å². The summed E-state index contributed by atoms with van der Waals surface area (Å²) in [6.45, 7) is 0.413. The Morgan fingerprint density at radius 1 is 1.55 bits per heavy atom. The van der Waals surface area contributed by atoms with E-state index in [0.717, 1.165) is 6.07 Å². The first-order chi connectivity index (χ1) is 9.51. The number of ether oxygens (including phenoxy) is 1. The van der Waals surface area contributed by atoms with Crippen LogP contribution in [0.15, 0.2) is 12.1 Å². The van der Waals surface area contributed by atoms with Gasteiger partial charge in [0.15, 0.2) is 0 Å². The molecule has 0 radical (unpaired) electrons. The Hall–Kier alpha value is -2.31. The normalized spacial score (nSPS) is 18.3. The summed E-state index contributed by atoms with van der Waals surface area (Å²) < 4.78 is 18.4. The monoisotopic (exact) mass is 281 g/mol. The van der Waals surface area contributed by atoms with Crippen LogP contribution in [-0.2, 0) is 9.53 Å². The third-order valence-electron chi connectivity index (χ3n) is 3.17. The molecule has 1 aromatic rings. The molecule has 0 bridgehead atoms.